The van der Waals surface area contributed by atoms with E-state index in [0.717, 1.165) is 17.0 Å². The predicted octanol–water partition coefficient (Wildman–Crippen LogP) is 2.03. The van der Waals surface area contributed by atoms with Gasteiger partial charge in [0.25, 0.3) is 0 Å². The standard InChI is InChI=1S/C11H13N3O2S/c1-7-10(12-9(15)5-16-2)11(14-13-7)8-3-4-17-6-8/h3-4,6H,5H2,1-2H3,(H,12,15)(H,13,14). The van der Waals surface area contributed by atoms with E-state index in [1.54, 1.807) is 11.3 Å². The third-order valence-corrected chi connectivity index (χ3v) is 2.96. The second kappa shape index (κ2) is 5.11. The zero-order valence-electron chi connectivity index (χ0n) is 9.61. The van der Waals surface area contributed by atoms with Crippen molar-refractivity contribution in [3.63, 3.8) is 0 Å². The van der Waals surface area contributed by atoms with Crippen LogP contribution in [0, 0.1) is 6.92 Å². The zero-order chi connectivity index (χ0) is 12.3. The van der Waals surface area contributed by atoms with Crippen LogP contribution in [0.3, 0.4) is 0 Å². The van der Waals surface area contributed by atoms with E-state index in [9.17, 15) is 4.79 Å². The summed E-state index contributed by atoms with van der Waals surface area (Å²) in [5.41, 5.74) is 3.29. The van der Waals surface area contributed by atoms with Gasteiger partial charge in [0.2, 0.25) is 5.91 Å². The average molecular weight is 251 g/mol. The Morgan fingerprint density at radius 1 is 1.65 bits per heavy atom. The maximum absolute atomic E-state index is 11.5. The number of anilines is 1. The highest BCUT2D eigenvalue weighted by Gasteiger charge is 2.14. The Bertz CT molecular complexity index is 505. The van der Waals surface area contributed by atoms with Gasteiger partial charge in [-0.05, 0) is 18.4 Å². The van der Waals surface area contributed by atoms with Gasteiger partial charge in [0.1, 0.15) is 12.3 Å². The van der Waals surface area contributed by atoms with Gasteiger partial charge in [-0.25, -0.2) is 0 Å². The first-order valence-electron chi connectivity index (χ1n) is 5.08. The predicted molar refractivity (Wildman–Crippen MR) is 67.1 cm³/mol. The molecule has 2 rings (SSSR count). The molecule has 5 nitrogen and oxygen atoms in total. The summed E-state index contributed by atoms with van der Waals surface area (Å²) < 4.78 is 4.78. The molecule has 0 radical (unpaired) electrons. The lowest BCUT2D eigenvalue weighted by atomic mass is 10.2. The fraction of sp³-hybridized carbons (Fsp3) is 0.273. The molecule has 2 N–H and O–H groups in total. The molecule has 0 saturated heterocycles. The van der Waals surface area contributed by atoms with Crippen molar-refractivity contribution in [2.75, 3.05) is 19.0 Å². The minimum Gasteiger partial charge on any atom is -0.375 e. The average Bonchev–Trinajstić information content (AvgIpc) is 2.90. The molecule has 6 heteroatoms. The van der Waals surface area contributed by atoms with E-state index in [4.69, 9.17) is 4.74 Å². The first-order chi connectivity index (χ1) is 8.22. The number of aryl methyl sites for hydroxylation is 1. The van der Waals surface area contributed by atoms with E-state index < -0.39 is 0 Å². The van der Waals surface area contributed by atoms with Crippen LogP contribution in [0.25, 0.3) is 11.3 Å². The van der Waals surface area contributed by atoms with Crippen LogP contribution >= 0.6 is 11.3 Å². The number of hydrogen-bond donors (Lipinski definition) is 2. The number of amides is 1. The minimum atomic E-state index is -0.187. The first kappa shape index (κ1) is 11.8. The van der Waals surface area contributed by atoms with Gasteiger partial charge in [-0.2, -0.15) is 16.4 Å². The number of hydrogen-bond acceptors (Lipinski definition) is 4. The SMILES string of the molecule is COCC(=O)Nc1c(-c2ccsc2)n[nH]c1C. The lowest BCUT2D eigenvalue weighted by Gasteiger charge is -2.05. The molecular weight excluding hydrogens is 238 g/mol. The number of methoxy groups -OCH3 is 1. The summed E-state index contributed by atoms with van der Waals surface area (Å²) in [4.78, 5) is 11.5. The zero-order valence-corrected chi connectivity index (χ0v) is 10.4. The van der Waals surface area contributed by atoms with Gasteiger partial charge in [0.05, 0.1) is 11.4 Å². The Labute approximate surface area is 103 Å². The number of carbonyl (C=O) groups excluding carboxylic acids is 1. The van der Waals surface area contributed by atoms with Gasteiger partial charge in [0, 0.05) is 18.1 Å². The Kier molecular flexibility index (Phi) is 3.55. The molecule has 17 heavy (non-hydrogen) atoms. The summed E-state index contributed by atoms with van der Waals surface area (Å²) >= 11 is 1.59. The summed E-state index contributed by atoms with van der Waals surface area (Å²) in [6.07, 6.45) is 0. The molecule has 0 atom stereocenters. The van der Waals surface area contributed by atoms with Crippen LogP contribution in [-0.4, -0.2) is 29.8 Å². The molecule has 1 amide bonds. The Hall–Kier alpha value is -1.66. The van der Waals surface area contributed by atoms with E-state index in [1.165, 1.54) is 7.11 Å². The second-order valence-electron chi connectivity index (χ2n) is 3.57. The Balaban J connectivity index is 2.27. The van der Waals surface area contributed by atoms with Crippen LogP contribution in [0.1, 0.15) is 5.69 Å². The van der Waals surface area contributed by atoms with Gasteiger partial charge in [0.15, 0.2) is 0 Å². The normalized spacial score (nSPS) is 10.5. The summed E-state index contributed by atoms with van der Waals surface area (Å²) in [5.74, 6) is -0.187. The molecule has 2 aromatic rings. The molecule has 90 valence electrons. The van der Waals surface area contributed by atoms with Crippen LogP contribution in [0.5, 0.6) is 0 Å². The number of thiophene rings is 1. The van der Waals surface area contributed by atoms with Crippen LogP contribution in [0.4, 0.5) is 5.69 Å². The van der Waals surface area contributed by atoms with E-state index in [-0.39, 0.29) is 12.5 Å². The summed E-state index contributed by atoms with van der Waals surface area (Å²) in [5, 5.41) is 13.8. The van der Waals surface area contributed by atoms with Crippen molar-refractivity contribution >= 4 is 22.9 Å². The Morgan fingerprint density at radius 3 is 3.12 bits per heavy atom. The minimum absolute atomic E-state index is 0.0354. The number of aromatic amines is 1. The van der Waals surface area contributed by atoms with E-state index in [1.807, 2.05) is 23.8 Å². The third kappa shape index (κ3) is 2.54. The molecule has 0 aromatic carbocycles. The van der Waals surface area contributed by atoms with Crippen molar-refractivity contribution in [2.45, 2.75) is 6.92 Å². The third-order valence-electron chi connectivity index (χ3n) is 2.28. The molecule has 2 aromatic heterocycles. The number of H-pyrrole nitrogens is 1. The number of nitrogens with one attached hydrogen (secondary N) is 2. The second-order valence-corrected chi connectivity index (χ2v) is 4.35. The number of ether oxygens (including phenoxy) is 1. The van der Waals surface area contributed by atoms with Crippen molar-refractivity contribution in [1.29, 1.82) is 0 Å². The molecule has 0 aliphatic rings. The summed E-state index contributed by atoms with van der Waals surface area (Å²) in [6.45, 7) is 1.90. The fourth-order valence-corrected chi connectivity index (χ4v) is 2.14. The highest BCUT2D eigenvalue weighted by molar-refractivity contribution is 7.08. The van der Waals surface area contributed by atoms with Gasteiger partial charge >= 0.3 is 0 Å². The molecule has 0 aliphatic heterocycles. The van der Waals surface area contributed by atoms with Crippen LogP contribution in [0.15, 0.2) is 16.8 Å². The fourth-order valence-electron chi connectivity index (χ4n) is 1.50. The summed E-state index contributed by atoms with van der Waals surface area (Å²) in [6, 6.07) is 1.96. The number of aromatic nitrogens is 2. The molecule has 0 spiro atoms. The number of nitrogens with zero attached hydrogens (tertiary/aromatic N) is 1. The van der Waals surface area contributed by atoms with Crippen molar-refractivity contribution in [3.05, 3.63) is 22.5 Å². The van der Waals surface area contributed by atoms with Gasteiger partial charge in [-0.3, -0.25) is 9.89 Å². The maximum Gasteiger partial charge on any atom is 0.250 e. The van der Waals surface area contributed by atoms with Crippen molar-refractivity contribution in [2.24, 2.45) is 0 Å². The van der Waals surface area contributed by atoms with E-state index in [0.29, 0.717) is 5.69 Å². The summed E-state index contributed by atoms with van der Waals surface area (Å²) in [7, 11) is 1.49. The number of carbonyl (C=O) groups is 1. The smallest absolute Gasteiger partial charge is 0.250 e. The quantitative estimate of drug-likeness (QED) is 0.873. The van der Waals surface area contributed by atoms with Gasteiger partial charge in [-0.1, -0.05) is 0 Å². The number of rotatable bonds is 4. The molecule has 0 unspecified atom stereocenters. The molecular formula is C11H13N3O2S. The molecule has 2 heterocycles. The van der Waals surface area contributed by atoms with Crippen LogP contribution in [-0.2, 0) is 9.53 Å². The molecule has 0 saturated carbocycles. The topological polar surface area (TPSA) is 67.0 Å². The lowest BCUT2D eigenvalue weighted by Crippen LogP contribution is -2.17. The highest BCUT2D eigenvalue weighted by atomic mass is 32.1. The molecule has 0 fully saturated rings. The first-order valence-corrected chi connectivity index (χ1v) is 6.03. The molecule has 0 bridgehead atoms. The Morgan fingerprint density at radius 2 is 2.47 bits per heavy atom. The van der Waals surface area contributed by atoms with E-state index >= 15 is 0 Å². The van der Waals surface area contributed by atoms with Crippen LogP contribution < -0.4 is 5.32 Å². The van der Waals surface area contributed by atoms with Crippen molar-refractivity contribution in [1.82, 2.24) is 10.2 Å². The van der Waals surface area contributed by atoms with Gasteiger partial charge in [-0.15, -0.1) is 0 Å². The van der Waals surface area contributed by atoms with Crippen LogP contribution in [0.2, 0.25) is 0 Å². The van der Waals surface area contributed by atoms with Crippen molar-refractivity contribution in [3.8, 4) is 11.3 Å². The lowest BCUT2D eigenvalue weighted by molar-refractivity contribution is -0.119. The maximum atomic E-state index is 11.5. The molecule has 0 aliphatic carbocycles. The monoisotopic (exact) mass is 251 g/mol. The van der Waals surface area contributed by atoms with E-state index in [2.05, 4.69) is 15.5 Å². The van der Waals surface area contributed by atoms with Crippen molar-refractivity contribution < 1.29 is 9.53 Å². The highest BCUT2D eigenvalue weighted by Crippen LogP contribution is 2.29. The van der Waals surface area contributed by atoms with Gasteiger partial charge < -0.3 is 10.1 Å². The largest absolute Gasteiger partial charge is 0.375 e.